The van der Waals surface area contributed by atoms with Crippen molar-refractivity contribution >= 4 is 17.4 Å². The predicted molar refractivity (Wildman–Crippen MR) is 89.9 cm³/mol. The first kappa shape index (κ1) is 20.1. The number of hydrogen-bond acceptors (Lipinski definition) is 3. The Kier molecular flexibility index (Phi) is 4.61. The van der Waals surface area contributed by atoms with Gasteiger partial charge in [0.1, 0.15) is 5.82 Å². The van der Waals surface area contributed by atoms with Crippen molar-refractivity contribution < 1.29 is 26.3 Å². The van der Waals surface area contributed by atoms with Crippen LogP contribution in [0.5, 0.6) is 0 Å². The molecule has 2 aromatic heterocycles. The van der Waals surface area contributed by atoms with Gasteiger partial charge in [0, 0.05) is 23.8 Å². The molecule has 0 atom stereocenters. The average Bonchev–Trinajstić information content (AvgIpc) is 3.04. The number of alkyl halides is 6. The Bertz CT molecular complexity index is 1050. The van der Waals surface area contributed by atoms with Crippen molar-refractivity contribution in [3.05, 3.63) is 46.2 Å². The number of anilines is 1. The van der Waals surface area contributed by atoms with E-state index in [4.69, 9.17) is 17.3 Å². The van der Waals surface area contributed by atoms with E-state index in [1.807, 2.05) is 0 Å². The van der Waals surface area contributed by atoms with Crippen LogP contribution in [0.2, 0.25) is 5.02 Å². The van der Waals surface area contributed by atoms with Crippen molar-refractivity contribution in [1.29, 1.82) is 0 Å². The maximum Gasteiger partial charge on any atom is 0.435 e. The fourth-order valence-electron chi connectivity index (χ4n) is 2.78. The van der Waals surface area contributed by atoms with E-state index in [2.05, 4.69) is 10.2 Å². The van der Waals surface area contributed by atoms with Crippen LogP contribution in [0.15, 0.2) is 24.4 Å². The lowest BCUT2D eigenvalue weighted by Crippen LogP contribution is -2.09. The summed E-state index contributed by atoms with van der Waals surface area (Å²) in [5.41, 5.74) is 2.55. The molecule has 150 valence electrons. The highest BCUT2D eigenvalue weighted by molar-refractivity contribution is 6.31. The van der Waals surface area contributed by atoms with Gasteiger partial charge in [0.2, 0.25) is 0 Å². The average molecular weight is 424 g/mol. The zero-order valence-corrected chi connectivity index (χ0v) is 15.1. The first-order valence-corrected chi connectivity index (χ1v) is 8.01. The molecule has 0 aliphatic carbocycles. The lowest BCUT2D eigenvalue weighted by molar-refractivity contribution is -0.140. The molecule has 0 saturated carbocycles. The van der Waals surface area contributed by atoms with E-state index in [1.54, 1.807) is 14.0 Å². The molecule has 3 aromatic rings. The van der Waals surface area contributed by atoms with Crippen molar-refractivity contribution in [2.24, 2.45) is 7.05 Å². The molecule has 28 heavy (non-hydrogen) atoms. The second kappa shape index (κ2) is 6.43. The monoisotopic (exact) mass is 423 g/mol. The van der Waals surface area contributed by atoms with Crippen LogP contribution in [0, 0.1) is 6.92 Å². The normalized spacial score (nSPS) is 12.6. The molecule has 0 aliphatic heterocycles. The summed E-state index contributed by atoms with van der Waals surface area (Å²) in [4.78, 5) is 0. The van der Waals surface area contributed by atoms with Crippen molar-refractivity contribution in [2.45, 2.75) is 19.3 Å². The molecular formula is C16H12ClF6N5. The van der Waals surface area contributed by atoms with Crippen molar-refractivity contribution in [3.63, 3.8) is 0 Å². The standard InChI is InChI=1S/C16H12ClF6N5/c1-7-6-27(2)26-14(7)28-13(24)11(12(25-28)16(21,22)23)8-3-9(15(18,19)20)5-10(17)4-8/h3-6H,24H2,1-2H3. The Morgan fingerprint density at radius 3 is 2.14 bits per heavy atom. The second-order valence-electron chi connectivity index (χ2n) is 6.05. The number of nitrogen functional groups attached to an aromatic ring is 1. The largest absolute Gasteiger partial charge is 0.435 e. The third-order valence-corrected chi connectivity index (χ3v) is 4.11. The fourth-order valence-corrected chi connectivity index (χ4v) is 3.01. The van der Waals surface area contributed by atoms with Crippen LogP contribution in [0.1, 0.15) is 16.8 Å². The van der Waals surface area contributed by atoms with E-state index < -0.39 is 40.6 Å². The topological polar surface area (TPSA) is 61.7 Å². The Balaban J connectivity index is 2.33. The molecular weight excluding hydrogens is 412 g/mol. The third-order valence-electron chi connectivity index (χ3n) is 3.89. The van der Waals surface area contributed by atoms with Gasteiger partial charge >= 0.3 is 12.4 Å². The SMILES string of the molecule is Cc1cn(C)nc1-n1nc(C(F)(F)F)c(-c2cc(Cl)cc(C(F)(F)F)c2)c1N. The minimum Gasteiger partial charge on any atom is -0.383 e. The number of hydrogen-bond donors (Lipinski definition) is 1. The van der Waals surface area contributed by atoms with Crippen molar-refractivity contribution in [1.82, 2.24) is 19.6 Å². The number of aromatic nitrogens is 4. The number of aryl methyl sites for hydroxylation is 2. The first-order valence-electron chi connectivity index (χ1n) is 7.63. The first-order chi connectivity index (χ1) is 12.8. The maximum atomic E-state index is 13.6. The fraction of sp³-hybridized carbons (Fsp3) is 0.250. The molecule has 2 heterocycles. The van der Waals surface area contributed by atoms with E-state index in [9.17, 15) is 26.3 Å². The van der Waals surface area contributed by atoms with Gasteiger partial charge in [-0.2, -0.15) is 41.2 Å². The minimum atomic E-state index is -4.97. The molecule has 1 aromatic carbocycles. The molecule has 0 aliphatic rings. The van der Waals surface area contributed by atoms with Gasteiger partial charge in [-0.1, -0.05) is 11.6 Å². The van der Waals surface area contributed by atoms with Crippen molar-refractivity contribution in [2.75, 3.05) is 5.73 Å². The van der Waals surface area contributed by atoms with Crippen molar-refractivity contribution in [3.8, 4) is 16.9 Å². The predicted octanol–water partition coefficient (Wildman–Crippen LogP) is 4.85. The molecule has 0 fully saturated rings. The van der Waals surface area contributed by atoms with Gasteiger partial charge < -0.3 is 5.73 Å². The zero-order valence-electron chi connectivity index (χ0n) is 14.3. The van der Waals surface area contributed by atoms with Gasteiger partial charge in [-0.3, -0.25) is 4.68 Å². The Hall–Kier alpha value is -2.69. The van der Waals surface area contributed by atoms with E-state index in [0.29, 0.717) is 17.7 Å². The molecule has 0 bridgehead atoms. The number of nitrogens with two attached hydrogens (primary N) is 1. The molecule has 12 heteroatoms. The Morgan fingerprint density at radius 2 is 1.64 bits per heavy atom. The van der Waals surface area contributed by atoms with Gasteiger partial charge in [0.25, 0.3) is 0 Å². The van der Waals surface area contributed by atoms with Gasteiger partial charge in [0.05, 0.1) is 11.1 Å². The van der Waals surface area contributed by atoms with Crippen LogP contribution in [-0.2, 0) is 19.4 Å². The summed E-state index contributed by atoms with van der Waals surface area (Å²) in [6.07, 6.45) is -8.25. The summed E-state index contributed by atoms with van der Waals surface area (Å²) in [7, 11) is 1.55. The quantitative estimate of drug-likeness (QED) is 0.599. The van der Waals surface area contributed by atoms with Crippen LogP contribution in [0.3, 0.4) is 0 Å². The minimum absolute atomic E-state index is 0.0230. The summed E-state index contributed by atoms with van der Waals surface area (Å²) in [6.45, 7) is 1.58. The molecule has 0 radical (unpaired) electrons. The van der Waals surface area contributed by atoms with E-state index in [0.717, 1.165) is 10.7 Å². The summed E-state index contributed by atoms with van der Waals surface area (Å²) in [6, 6.07) is 2.13. The Morgan fingerprint density at radius 1 is 1.00 bits per heavy atom. The highest BCUT2D eigenvalue weighted by Crippen LogP contribution is 2.43. The highest BCUT2D eigenvalue weighted by Gasteiger charge is 2.41. The molecule has 0 saturated heterocycles. The third kappa shape index (κ3) is 3.53. The van der Waals surface area contributed by atoms with Crippen LogP contribution >= 0.6 is 11.6 Å². The summed E-state index contributed by atoms with van der Waals surface area (Å²) in [5.74, 6) is -0.487. The lowest BCUT2D eigenvalue weighted by atomic mass is 10.0. The van der Waals surface area contributed by atoms with E-state index >= 15 is 0 Å². The van der Waals surface area contributed by atoms with Crippen LogP contribution in [-0.4, -0.2) is 19.6 Å². The van der Waals surface area contributed by atoms with E-state index in [1.165, 1.54) is 10.9 Å². The number of rotatable bonds is 2. The molecule has 2 N–H and O–H groups in total. The van der Waals surface area contributed by atoms with Crippen LogP contribution in [0.25, 0.3) is 16.9 Å². The van der Waals surface area contributed by atoms with E-state index in [-0.39, 0.29) is 10.8 Å². The van der Waals surface area contributed by atoms with Crippen LogP contribution < -0.4 is 5.73 Å². The maximum absolute atomic E-state index is 13.6. The molecule has 0 amide bonds. The highest BCUT2D eigenvalue weighted by atomic mass is 35.5. The summed E-state index contributed by atoms with van der Waals surface area (Å²) in [5, 5.41) is 7.11. The number of nitrogens with zero attached hydrogens (tertiary/aromatic N) is 4. The van der Waals surface area contributed by atoms with Gasteiger partial charge in [0.15, 0.2) is 11.5 Å². The molecule has 0 spiro atoms. The summed E-state index contributed by atoms with van der Waals surface area (Å²) < 4.78 is 82.1. The molecule has 0 unspecified atom stereocenters. The molecule has 3 rings (SSSR count). The van der Waals surface area contributed by atoms with Crippen LogP contribution in [0.4, 0.5) is 32.2 Å². The smallest absolute Gasteiger partial charge is 0.383 e. The Labute approximate surface area is 159 Å². The summed E-state index contributed by atoms with van der Waals surface area (Å²) >= 11 is 5.71. The number of benzene rings is 1. The van der Waals surface area contributed by atoms with Gasteiger partial charge in [-0.25, -0.2) is 0 Å². The molecule has 5 nitrogen and oxygen atoms in total. The number of halogens is 7. The van der Waals surface area contributed by atoms with Gasteiger partial charge in [-0.15, -0.1) is 0 Å². The zero-order chi connectivity index (χ0) is 21.0. The lowest BCUT2D eigenvalue weighted by Gasteiger charge is -2.12. The van der Waals surface area contributed by atoms with Gasteiger partial charge in [-0.05, 0) is 30.7 Å². The second-order valence-corrected chi connectivity index (χ2v) is 6.49.